The van der Waals surface area contributed by atoms with Crippen molar-refractivity contribution in [2.75, 3.05) is 11.6 Å². The highest BCUT2D eigenvalue weighted by atomic mass is 32.2. The van der Waals surface area contributed by atoms with Crippen molar-refractivity contribution in [1.29, 1.82) is 0 Å². The Bertz CT molecular complexity index is 998. The van der Waals surface area contributed by atoms with Gasteiger partial charge in [0.05, 0.1) is 9.79 Å². The highest BCUT2D eigenvalue weighted by molar-refractivity contribution is 7.90. The Balaban J connectivity index is 2.01. The SMILES string of the molecule is CC(Oc1ccc(S(C)(=O)=O)cc1)C(=O)Nc1ccc(S(N)(=O)=O)cc1. The summed E-state index contributed by atoms with van der Waals surface area (Å²) in [7, 11) is -7.11. The molecule has 1 amide bonds. The molecule has 1 atom stereocenters. The summed E-state index contributed by atoms with van der Waals surface area (Å²) < 4.78 is 50.7. The molecule has 2 aromatic carbocycles. The molecule has 3 N–H and O–H groups in total. The maximum absolute atomic E-state index is 12.1. The second-order valence-corrected chi connectivity index (χ2v) is 9.14. The van der Waals surface area contributed by atoms with Gasteiger partial charge in [-0.3, -0.25) is 4.79 Å². The van der Waals surface area contributed by atoms with Crippen molar-refractivity contribution in [2.45, 2.75) is 22.8 Å². The Labute approximate surface area is 151 Å². The predicted molar refractivity (Wildman–Crippen MR) is 96.1 cm³/mol. The van der Waals surface area contributed by atoms with E-state index in [0.717, 1.165) is 6.26 Å². The van der Waals surface area contributed by atoms with Crippen LogP contribution in [0, 0.1) is 0 Å². The van der Waals surface area contributed by atoms with Gasteiger partial charge in [0.15, 0.2) is 15.9 Å². The molecule has 2 rings (SSSR count). The molecule has 2 aromatic rings. The lowest BCUT2D eigenvalue weighted by molar-refractivity contribution is -0.122. The molecule has 0 radical (unpaired) electrons. The molecule has 1 unspecified atom stereocenters. The number of sulfone groups is 1. The lowest BCUT2D eigenvalue weighted by Gasteiger charge is -2.15. The van der Waals surface area contributed by atoms with E-state index in [0.29, 0.717) is 11.4 Å². The van der Waals surface area contributed by atoms with Crippen LogP contribution in [0.4, 0.5) is 5.69 Å². The van der Waals surface area contributed by atoms with Crippen LogP contribution in [0.5, 0.6) is 5.75 Å². The second kappa shape index (κ2) is 7.44. The number of sulfonamides is 1. The maximum atomic E-state index is 12.1. The minimum absolute atomic E-state index is 0.0641. The molecule has 0 aromatic heterocycles. The molecule has 10 heteroatoms. The van der Waals surface area contributed by atoms with Crippen LogP contribution in [-0.4, -0.2) is 35.1 Å². The monoisotopic (exact) mass is 398 g/mol. The van der Waals surface area contributed by atoms with E-state index in [-0.39, 0.29) is 9.79 Å². The third-order valence-corrected chi connectivity index (χ3v) is 5.44. The number of hydrogen-bond acceptors (Lipinski definition) is 6. The Morgan fingerprint density at radius 2 is 1.46 bits per heavy atom. The minimum Gasteiger partial charge on any atom is -0.481 e. The number of amides is 1. The first-order chi connectivity index (χ1) is 12.0. The quantitative estimate of drug-likeness (QED) is 0.750. The van der Waals surface area contributed by atoms with Gasteiger partial charge in [-0.1, -0.05) is 0 Å². The maximum Gasteiger partial charge on any atom is 0.265 e. The van der Waals surface area contributed by atoms with Crippen LogP contribution in [0.25, 0.3) is 0 Å². The molecule has 140 valence electrons. The van der Waals surface area contributed by atoms with E-state index in [1.165, 1.54) is 55.5 Å². The van der Waals surface area contributed by atoms with E-state index >= 15 is 0 Å². The molecule has 26 heavy (non-hydrogen) atoms. The van der Waals surface area contributed by atoms with E-state index in [4.69, 9.17) is 9.88 Å². The summed E-state index contributed by atoms with van der Waals surface area (Å²) >= 11 is 0. The van der Waals surface area contributed by atoms with Gasteiger partial charge < -0.3 is 10.1 Å². The van der Waals surface area contributed by atoms with Gasteiger partial charge in [0.1, 0.15) is 5.75 Å². The van der Waals surface area contributed by atoms with Crippen molar-refractivity contribution in [1.82, 2.24) is 0 Å². The number of nitrogens with two attached hydrogens (primary N) is 1. The van der Waals surface area contributed by atoms with Crippen molar-refractivity contribution >= 4 is 31.5 Å². The van der Waals surface area contributed by atoms with E-state index < -0.39 is 31.9 Å². The molecular weight excluding hydrogens is 380 g/mol. The van der Waals surface area contributed by atoms with Crippen LogP contribution in [0.2, 0.25) is 0 Å². The molecule has 8 nitrogen and oxygen atoms in total. The molecule has 0 aliphatic heterocycles. The number of rotatable bonds is 6. The zero-order chi connectivity index (χ0) is 19.5. The number of nitrogens with one attached hydrogen (secondary N) is 1. The summed E-state index contributed by atoms with van der Waals surface area (Å²) in [5.41, 5.74) is 0.380. The Kier molecular flexibility index (Phi) is 5.69. The third-order valence-electron chi connectivity index (χ3n) is 3.38. The topological polar surface area (TPSA) is 133 Å². The molecule has 0 saturated heterocycles. The number of ether oxygens (including phenoxy) is 1. The van der Waals surface area contributed by atoms with E-state index in [9.17, 15) is 21.6 Å². The average molecular weight is 398 g/mol. The van der Waals surface area contributed by atoms with Crippen LogP contribution in [0.1, 0.15) is 6.92 Å². The molecule has 0 saturated carbocycles. The fourth-order valence-corrected chi connectivity index (χ4v) is 3.14. The van der Waals surface area contributed by atoms with Crippen molar-refractivity contribution in [3.8, 4) is 5.75 Å². The number of anilines is 1. The first kappa shape index (κ1) is 19.9. The van der Waals surface area contributed by atoms with Gasteiger partial charge in [-0.15, -0.1) is 0 Å². The zero-order valence-electron chi connectivity index (χ0n) is 14.0. The number of carbonyl (C=O) groups is 1. The van der Waals surface area contributed by atoms with Gasteiger partial charge in [0.25, 0.3) is 5.91 Å². The Hall–Kier alpha value is -2.43. The highest BCUT2D eigenvalue weighted by Gasteiger charge is 2.16. The van der Waals surface area contributed by atoms with Crippen molar-refractivity contribution in [3.05, 3.63) is 48.5 Å². The molecule has 0 bridgehead atoms. The molecule has 0 aliphatic carbocycles. The van der Waals surface area contributed by atoms with Crippen molar-refractivity contribution in [2.24, 2.45) is 5.14 Å². The average Bonchev–Trinajstić information content (AvgIpc) is 2.54. The van der Waals surface area contributed by atoms with Gasteiger partial charge in [-0.05, 0) is 55.5 Å². The first-order valence-electron chi connectivity index (χ1n) is 7.37. The fourth-order valence-electron chi connectivity index (χ4n) is 1.99. The van der Waals surface area contributed by atoms with Gasteiger partial charge in [0, 0.05) is 11.9 Å². The number of carbonyl (C=O) groups excluding carboxylic acids is 1. The van der Waals surface area contributed by atoms with E-state index in [2.05, 4.69) is 5.32 Å². The highest BCUT2D eigenvalue weighted by Crippen LogP contribution is 2.18. The van der Waals surface area contributed by atoms with E-state index in [1.807, 2.05) is 0 Å². The summed E-state index contributed by atoms with van der Waals surface area (Å²) in [6, 6.07) is 11.1. The second-order valence-electron chi connectivity index (χ2n) is 5.56. The summed E-state index contributed by atoms with van der Waals surface area (Å²) in [6.07, 6.45) is 0.233. The number of primary sulfonamides is 1. The molecule has 0 aliphatic rings. The molecule has 0 fully saturated rings. The van der Waals surface area contributed by atoms with Crippen LogP contribution in [-0.2, 0) is 24.7 Å². The number of benzene rings is 2. The van der Waals surface area contributed by atoms with Gasteiger partial charge in [-0.2, -0.15) is 0 Å². The summed E-state index contributed by atoms with van der Waals surface area (Å²) in [5.74, 6) is -0.120. The standard InChI is InChI=1S/C16H18N2O6S2/c1-11(24-13-5-9-14(10-6-13)25(2,20)21)16(19)18-12-3-7-15(8-4-12)26(17,22)23/h3-11H,1-2H3,(H,18,19)(H2,17,22,23). The summed E-state index contributed by atoms with van der Waals surface area (Å²) in [6.45, 7) is 1.53. The normalized spacial score (nSPS) is 13.0. The summed E-state index contributed by atoms with van der Waals surface area (Å²) in [4.78, 5) is 12.2. The predicted octanol–water partition coefficient (Wildman–Crippen LogP) is 1.14. The minimum atomic E-state index is -3.80. The van der Waals surface area contributed by atoms with Gasteiger partial charge in [-0.25, -0.2) is 22.0 Å². The first-order valence-corrected chi connectivity index (χ1v) is 10.8. The fraction of sp³-hybridized carbons (Fsp3) is 0.188. The lowest BCUT2D eigenvalue weighted by Crippen LogP contribution is -2.30. The van der Waals surface area contributed by atoms with Gasteiger partial charge >= 0.3 is 0 Å². The molecular formula is C16H18N2O6S2. The van der Waals surface area contributed by atoms with Crippen LogP contribution in [0.3, 0.4) is 0 Å². The van der Waals surface area contributed by atoms with Gasteiger partial charge in [0.2, 0.25) is 10.0 Å². The smallest absolute Gasteiger partial charge is 0.265 e. The largest absolute Gasteiger partial charge is 0.481 e. The zero-order valence-corrected chi connectivity index (χ0v) is 15.7. The Morgan fingerprint density at radius 1 is 0.962 bits per heavy atom. The van der Waals surface area contributed by atoms with E-state index in [1.54, 1.807) is 0 Å². The third kappa shape index (κ3) is 5.28. The molecule has 0 heterocycles. The van der Waals surface area contributed by atoms with Crippen LogP contribution in [0.15, 0.2) is 58.3 Å². The lowest BCUT2D eigenvalue weighted by atomic mass is 10.3. The molecule has 0 spiro atoms. The van der Waals surface area contributed by atoms with Crippen LogP contribution < -0.4 is 15.2 Å². The summed E-state index contributed by atoms with van der Waals surface area (Å²) in [5, 5.41) is 7.59. The van der Waals surface area contributed by atoms with Crippen molar-refractivity contribution < 1.29 is 26.4 Å². The van der Waals surface area contributed by atoms with Crippen molar-refractivity contribution in [3.63, 3.8) is 0 Å². The van der Waals surface area contributed by atoms with Crippen LogP contribution >= 0.6 is 0 Å². The number of hydrogen-bond donors (Lipinski definition) is 2. The Morgan fingerprint density at radius 3 is 1.92 bits per heavy atom.